The van der Waals surface area contributed by atoms with Crippen molar-refractivity contribution < 1.29 is 18.7 Å². The van der Waals surface area contributed by atoms with Crippen LogP contribution in [0, 0.1) is 0 Å². The Kier molecular flexibility index (Phi) is 5.96. The van der Waals surface area contributed by atoms with Gasteiger partial charge in [0, 0.05) is 17.7 Å². The highest BCUT2D eigenvalue weighted by atomic mass is 35.5. The Labute approximate surface area is 170 Å². The van der Waals surface area contributed by atoms with Crippen molar-refractivity contribution in [3.63, 3.8) is 0 Å². The van der Waals surface area contributed by atoms with E-state index >= 15 is 0 Å². The number of carbonyl (C=O) groups excluding carboxylic acids is 2. The summed E-state index contributed by atoms with van der Waals surface area (Å²) in [6, 6.07) is 8.31. The third-order valence-electron chi connectivity index (χ3n) is 3.81. The lowest BCUT2D eigenvalue weighted by Gasteiger charge is -2.28. The first-order valence-corrected chi connectivity index (χ1v) is 9.00. The molecule has 1 aliphatic rings. The van der Waals surface area contributed by atoms with Crippen molar-refractivity contribution in [1.29, 1.82) is 0 Å². The number of halogens is 2. The molecule has 140 valence electrons. The number of ether oxygens (including phenoxy) is 1. The smallest absolute Gasteiger partial charge is 0.265 e. The molecule has 0 saturated carbocycles. The fourth-order valence-electron chi connectivity index (χ4n) is 2.48. The quantitative estimate of drug-likeness (QED) is 0.451. The third-order valence-corrected chi connectivity index (χ3v) is 4.70. The molecule has 0 spiro atoms. The molecule has 0 atom stereocenters. The van der Waals surface area contributed by atoms with Crippen LogP contribution < -0.4 is 5.32 Å². The van der Waals surface area contributed by atoms with E-state index in [1.165, 1.54) is 18.1 Å². The lowest BCUT2D eigenvalue weighted by molar-refractivity contribution is -0.129. The van der Waals surface area contributed by atoms with Crippen molar-refractivity contribution in [1.82, 2.24) is 10.2 Å². The second-order valence-electron chi connectivity index (χ2n) is 5.59. The first-order chi connectivity index (χ1) is 12.9. The second-order valence-corrected chi connectivity index (χ2v) is 6.82. The predicted octanol–water partition coefficient (Wildman–Crippen LogP) is 3.53. The maximum absolute atomic E-state index is 12.6. The van der Waals surface area contributed by atoms with Gasteiger partial charge in [-0.15, -0.1) is 0 Å². The number of benzene rings is 1. The summed E-state index contributed by atoms with van der Waals surface area (Å²) < 4.78 is 10.7. The number of hydrogen-bond donors (Lipinski definition) is 1. The van der Waals surface area contributed by atoms with E-state index in [1.807, 2.05) is 0 Å². The largest absolute Gasteiger partial charge is 0.457 e. The van der Waals surface area contributed by atoms with Crippen molar-refractivity contribution in [3.05, 3.63) is 51.7 Å². The number of rotatable bonds is 5. The second kappa shape index (κ2) is 8.22. The lowest BCUT2D eigenvalue weighted by atomic mass is 10.1. The van der Waals surface area contributed by atoms with Gasteiger partial charge < -0.3 is 9.15 Å². The summed E-state index contributed by atoms with van der Waals surface area (Å²) in [5.74, 6) is -0.319. The minimum Gasteiger partial charge on any atom is -0.457 e. The number of nitrogens with zero attached hydrogens (tertiary/aromatic N) is 1. The average Bonchev–Trinajstić information content (AvgIpc) is 3.09. The molecule has 3 rings (SSSR count). The Bertz CT molecular complexity index is 955. The number of amides is 2. The number of methoxy groups -OCH3 is 1. The molecule has 2 amide bonds. The molecule has 2 aromatic rings. The number of carbonyl (C=O) groups is 2. The summed E-state index contributed by atoms with van der Waals surface area (Å²) in [7, 11) is 1.51. The molecule has 2 heterocycles. The highest BCUT2D eigenvalue weighted by molar-refractivity contribution is 7.80. The summed E-state index contributed by atoms with van der Waals surface area (Å²) in [4.78, 5) is 26.1. The van der Waals surface area contributed by atoms with Crippen LogP contribution in [0.4, 0.5) is 0 Å². The molecule has 0 bridgehead atoms. The molecule has 1 saturated heterocycles. The van der Waals surface area contributed by atoms with Gasteiger partial charge in [0.25, 0.3) is 11.8 Å². The van der Waals surface area contributed by atoms with Crippen LogP contribution in [0.5, 0.6) is 0 Å². The highest BCUT2D eigenvalue weighted by Crippen LogP contribution is 2.32. The Morgan fingerprint density at radius 1 is 1.26 bits per heavy atom. The molecule has 6 nitrogen and oxygen atoms in total. The number of nitrogens with one attached hydrogen (secondary N) is 1. The number of thiocarbonyl (C=S) groups is 1. The zero-order valence-electron chi connectivity index (χ0n) is 14.1. The SMILES string of the molecule is COCCN1C(=O)/C(=C/c2ccc(-c3cc(Cl)ccc3Cl)o2)C(=O)NC1=S. The minimum atomic E-state index is -0.586. The van der Waals surface area contributed by atoms with Gasteiger partial charge in [-0.05, 0) is 48.6 Å². The van der Waals surface area contributed by atoms with Crippen molar-refractivity contribution in [2.24, 2.45) is 0 Å². The van der Waals surface area contributed by atoms with Gasteiger partial charge in [-0.3, -0.25) is 19.8 Å². The summed E-state index contributed by atoms with van der Waals surface area (Å²) in [5.41, 5.74) is 0.522. The fraction of sp³-hybridized carbons (Fsp3) is 0.167. The van der Waals surface area contributed by atoms with Crippen LogP contribution in [0.3, 0.4) is 0 Å². The molecule has 1 aliphatic heterocycles. The first-order valence-electron chi connectivity index (χ1n) is 7.84. The molecular formula is C18H14Cl2N2O4S. The van der Waals surface area contributed by atoms with Gasteiger partial charge in [0.05, 0.1) is 18.2 Å². The topological polar surface area (TPSA) is 71.8 Å². The predicted molar refractivity (Wildman–Crippen MR) is 106 cm³/mol. The minimum absolute atomic E-state index is 0.0463. The Balaban J connectivity index is 1.90. The number of hydrogen-bond acceptors (Lipinski definition) is 5. The molecule has 1 aromatic heterocycles. The van der Waals surface area contributed by atoms with Gasteiger partial charge in [0.15, 0.2) is 5.11 Å². The van der Waals surface area contributed by atoms with E-state index < -0.39 is 11.8 Å². The van der Waals surface area contributed by atoms with E-state index in [2.05, 4.69) is 5.32 Å². The zero-order chi connectivity index (χ0) is 19.6. The summed E-state index contributed by atoms with van der Waals surface area (Å²) in [6.45, 7) is 0.514. The molecule has 1 aromatic carbocycles. The van der Waals surface area contributed by atoms with Crippen molar-refractivity contribution in [2.75, 3.05) is 20.3 Å². The van der Waals surface area contributed by atoms with E-state index in [0.29, 0.717) is 27.1 Å². The van der Waals surface area contributed by atoms with E-state index in [4.69, 9.17) is 44.6 Å². The van der Waals surface area contributed by atoms with E-state index in [1.54, 1.807) is 30.3 Å². The standard InChI is InChI=1S/C18H14Cl2N2O4S/c1-25-7-6-22-17(24)13(16(23)21-18(22)27)9-11-3-5-15(26-11)12-8-10(19)2-4-14(12)20/h2-5,8-9H,6-7H2,1H3,(H,21,23,27)/b13-9+. The van der Waals surface area contributed by atoms with Crippen LogP contribution in [0.1, 0.15) is 5.76 Å². The van der Waals surface area contributed by atoms with Crippen LogP contribution in [-0.4, -0.2) is 42.1 Å². The van der Waals surface area contributed by atoms with Gasteiger partial charge in [0.1, 0.15) is 17.1 Å². The average molecular weight is 425 g/mol. The van der Waals surface area contributed by atoms with Crippen molar-refractivity contribution in [3.8, 4) is 11.3 Å². The Hall–Kier alpha value is -2.19. The van der Waals surface area contributed by atoms with Crippen LogP contribution >= 0.6 is 35.4 Å². The zero-order valence-corrected chi connectivity index (χ0v) is 16.5. The van der Waals surface area contributed by atoms with Crippen molar-refractivity contribution >= 4 is 58.4 Å². The lowest BCUT2D eigenvalue weighted by Crippen LogP contribution is -2.54. The maximum atomic E-state index is 12.6. The molecule has 9 heteroatoms. The van der Waals surface area contributed by atoms with Crippen molar-refractivity contribution in [2.45, 2.75) is 0 Å². The summed E-state index contributed by atoms with van der Waals surface area (Å²) in [6.07, 6.45) is 1.36. The molecular weight excluding hydrogens is 411 g/mol. The van der Waals surface area contributed by atoms with Gasteiger partial charge in [-0.1, -0.05) is 23.2 Å². The normalized spacial score (nSPS) is 16.2. The molecule has 1 N–H and O–H groups in total. The molecule has 0 unspecified atom stereocenters. The number of furan rings is 1. The van der Waals surface area contributed by atoms with E-state index in [-0.39, 0.29) is 23.8 Å². The third kappa shape index (κ3) is 4.22. The Morgan fingerprint density at radius 2 is 2.04 bits per heavy atom. The molecule has 0 radical (unpaired) electrons. The highest BCUT2D eigenvalue weighted by Gasteiger charge is 2.33. The Morgan fingerprint density at radius 3 is 2.78 bits per heavy atom. The fourth-order valence-corrected chi connectivity index (χ4v) is 3.13. The molecule has 27 heavy (non-hydrogen) atoms. The molecule has 1 fully saturated rings. The van der Waals surface area contributed by atoms with Gasteiger partial charge in [-0.25, -0.2) is 0 Å². The van der Waals surface area contributed by atoms with E-state index in [9.17, 15) is 9.59 Å². The monoisotopic (exact) mass is 424 g/mol. The van der Waals surface area contributed by atoms with Crippen LogP contribution in [0.2, 0.25) is 10.0 Å². The van der Waals surface area contributed by atoms with Gasteiger partial charge >= 0.3 is 0 Å². The molecule has 0 aliphatic carbocycles. The summed E-state index contributed by atoms with van der Waals surface area (Å²) >= 11 is 17.2. The van der Waals surface area contributed by atoms with Crippen LogP contribution in [0.25, 0.3) is 17.4 Å². The van der Waals surface area contributed by atoms with Gasteiger partial charge in [-0.2, -0.15) is 0 Å². The van der Waals surface area contributed by atoms with Crippen LogP contribution in [-0.2, 0) is 14.3 Å². The van der Waals surface area contributed by atoms with E-state index in [0.717, 1.165) is 0 Å². The summed E-state index contributed by atoms with van der Waals surface area (Å²) in [5, 5.41) is 3.51. The first kappa shape index (κ1) is 19.6. The van der Waals surface area contributed by atoms with Gasteiger partial charge in [0.2, 0.25) is 0 Å². The van der Waals surface area contributed by atoms with Crippen LogP contribution in [0.15, 0.2) is 40.3 Å². The maximum Gasteiger partial charge on any atom is 0.265 e.